The standard InChI is InChI=1S/C11H19BrN2O3/c1-5-14-8(10(12)7(2)13-14)6-9(15)11(16-3)17-4/h9,11,15H,5-6H2,1-4H3. The van der Waals surface area contributed by atoms with Gasteiger partial charge in [0.15, 0.2) is 6.29 Å². The molecule has 1 heterocycles. The van der Waals surface area contributed by atoms with Gasteiger partial charge in [-0.15, -0.1) is 0 Å². The Kier molecular flexibility index (Phi) is 5.58. The normalized spacial score (nSPS) is 13.4. The van der Waals surface area contributed by atoms with Crippen LogP contribution in [0.4, 0.5) is 0 Å². The van der Waals surface area contributed by atoms with Crippen LogP contribution in [-0.2, 0) is 22.4 Å². The van der Waals surface area contributed by atoms with Crippen molar-refractivity contribution in [2.75, 3.05) is 14.2 Å². The number of halogens is 1. The minimum absolute atomic E-state index is 0.432. The van der Waals surface area contributed by atoms with Gasteiger partial charge in [0.1, 0.15) is 6.10 Å². The Morgan fingerprint density at radius 3 is 2.47 bits per heavy atom. The second kappa shape index (κ2) is 6.49. The summed E-state index contributed by atoms with van der Waals surface area (Å²) in [5.41, 5.74) is 1.87. The molecule has 0 radical (unpaired) electrons. The van der Waals surface area contributed by atoms with Crippen LogP contribution in [0.25, 0.3) is 0 Å². The minimum Gasteiger partial charge on any atom is -0.387 e. The molecule has 1 aromatic rings. The van der Waals surface area contributed by atoms with Gasteiger partial charge in [-0.1, -0.05) is 0 Å². The first-order valence-electron chi connectivity index (χ1n) is 5.50. The van der Waals surface area contributed by atoms with Crippen molar-refractivity contribution in [3.05, 3.63) is 15.9 Å². The number of aliphatic hydroxyl groups is 1. The fraction of sp³-hybridized carbons (Fsp3) is 0.727. The summed E-state index contributed by atoms with van der Waals surface area (Å²) in [4.78, 5) is 0. The van der Waals surface area contributed by atoms with E-state index in [1.807, 2.05) is 18.5 Å². The van der Waals surface area contributed by atoms with Crippen molar-refractivity contribution in [3.63, 3.8) is 0 Å². The number of aromatic nitrogens is 2. The lowest BCUT2D eigenvalue weighted by Gasteiger charge is -2.20. The van der Waals surface area contributed by atoms with Gasteiger partial charge in [0.2, 0.25) is 0 Å². The molecule has 0 amide bonds. The summed E-state index contributed by atoms with van der Waals surface area (Å²) in [5, 5.41) is 14.4. The number of aryl methyl sites for hydroxylation is 2. The summed E-state index contributed by atoms with van der Waals surface area (Å²) in [6.45, 7) is 4.70. The molecule has 0 spiro atoms. The van der Waals surface area contributed by atoms with Gasteiger partial charge in [-0.3, -0.25) is 4.68 Å². The van der Waals surface area contributed by atoms with Crippen molar-refractivity contribution in [1.82, 2.24) is 9.78 Å². The SMILES string of the molecule is CCn1nc(C)c(Br)c1CC(O)C(OC)OC. The van der Waals surface area contributed by atoms with Gasteiger partial charge in [0.25, 0.3) is 0 Å². The number of aliphatic hydroxyl groups excluding tert-OH is 1. The van der Waals surface area contributed by atoms with E-state index in [0.29, 0.717) is 6.42 Å². The minimum atomic E-state index is -0.720. The summed E-state index contributed by atoms with van der Waals surface area (Å²) in [7, 11) is 3.02. The summed E-state index contributed by atoms with van der Waals surface area (Å²) in [6, 6.07) is 0. The average Bonchev–Trinajstić information content (AvgIpc) is 2.58. The van der Waals surface area contributed by atoms with Gasteiger partial charge in [-0.25, -0.2) is 0 Å². The first-order valence-corrected chi connectivity index (χ1v) is 6.29. The van der Waals surface area contributed by atoms with Crippen molar-refractivity contribution in [2.24, 2.45) is 0 Å². The van der Waals surface area contributed by atoms with Crippen molar-refractivity contribution >= 4 is 15.9 Å². The fourth-order valence-corrected chi connectivity index (χ4v) is 2.21. The average molecular weight is 307 g/mol. The fourth-order valence-electron chi connectivity index (χ4n) is 1.77. The van der Waals surface area contributed by atoms with Gasteiger partial charge in [0.05, 0.1) is 15.9 Å². The third-order valence-electron chi connectivity index (χ3n) is 2.63. The largest absolute Gasteiger partial charge is 0.387 e. The molecule has 0 saturated heterocycles. The summed E-state index contributed by atoms with van der Waals surface area (Å²) in [5.74, 6) is 0. The van der Waals surface area contributed by atoms with Gasteiger partial charge >= 0.3 is 0 Å². The Balaban J connectivity index is 2.86. The Hall–Kier alpha value is -0.430. The van der Waals surface area contributed by atoms with E-state index in [-0.39, 0.29) is 0 Å². The van der Waals surface area contributed by atoms with Crippen LogP contribution < -0.4 is 0 Å². The van der Waals surface area contributed by atoms with Crippen LogP contribution in [0.2, 0.25) is 0 Å². The number of rotatable bonds is 6. The summed E-state index contributed by atoms with van der Waals surface area (Å²) < 4.78 is 12.9. The first kappa shape index (κ1) is 14.6. The zero-order valence-corrected chi connectivity index (χ0v) is 12.2. The zero-order chi connectivity index (χ0) is 13.0. The number of nitrogens with zero attached hydrogens (tertiary/aromatic N) is 2. The molecule has 0 saturated carbocycles. The van der Waals surface area contributed by atoms with Crippen molar-refractivity contribution < 1.29 is 14.6 Å². The Morgan fingerprint density at radius 1 is 1.41 bits per heavy atom. The molecule has 1 N–H and O–H groups in total. The van der Waals surface area contributed by atoms with Gasteiger partial charge in [-0.05, 0) is 29.8 Å². The highest BCUT2D eigenvalue weighted by Gasteiger charge is 2.22. The lowest BCUT2D eigenvalue weighted by molar-refractivity contribution is -0.163. The van der Waals surface area contributed by atoms with E-state index in [9.17, 15) is 5.11 Å². The molecule has 1 atom stereocenters. The molecule has 0 bridgehead atoms. The van der Waals surface area contributed by atoms with E-state index in [0.717, 1.165) is 22.4 Å². The van der Waals surface area contributed by atoms with E-state index in [1.165, 1.54) is 14.2 Å². The second-order valence-corrected chi connectivity index (χ2v) is 4.57. The molecular formula is C11H19BrN2O3. The number of methoxy groups -OCH3 is 2. The van der Waals surface area contributed by atoms with Crippen LogP contribution in [0, 0.1) is 6.92 Å². The van der Waals surface area contributed by atoms with Crippen LogP contribution in [0.15, 0.2) is 4.47 Å². The van der Waals surface area contributed by atoms with E-state index in [1.54, 1.807) is 0 Å². The maximum Gasteiger partial charge on any atom is 0.183 e. The number of hydrogen-bond acceptors (Lipinski definition) is 4. The molecule has 0 aliphatic rings. The highest BCUT2D eigenvalue weighted by atomic mass is 79.9. The third-order valence-corrected chi connectivity index (χ3v) is 3.67. The molecule has 17 heavy (non-hydrogen) atoms. The molecule has 0 fully saturated rings. The maximum atomic E-state index is 10.0. The van der Waals surface area contributed by atoms with Gasteiger partial charge < -0.3 is 14.6 Å². The topological polar surface area (TPSA) is 56.5 Å². The van der Waals surface area contributed by atoms with Crippen LogP contribution in [0.3, 0.4) is 0 Å². The molecule has 1 aromatic heterocycles. The van der Waals surface area contributed by atoms with Gasteiger partial charge in [0, 0.05) is 27.2 Å². The smallest absolute Gasteiger partial charge is 0.183 e. The quantitative estimate of drug-likeness (QED) is 0.809. The molecule has 0 aliphatic carbocycles. The zero-order valence-electron chi connectivity index (χ0n) is 10.6. The molecule has 6 heteroatoms. The monoisotopic (exact) mass is 306 g/mol. The molecule has 5 nitrogen and oxygen atoms in total. The van der Waals surface area contributed by atoms with Crippen molar-refractivity contribution in [2.45, 2.75) is 39.2 Å². The van der Waals surface area contributed by atoms with Crippen LogP contribution in [-0.4, -0.2) is 41.5 Å². The maximum absolute atomic E-state index is 10.0. The molecule has 0 aliphatic heterocycles. The highest BCUT2D eigenvalue weighted by Crippen LogP contribution is 2.23. The van der Waals surface area contributed by atoms with Crippen molar-refractivity contribution in [1.29, 1.82) is 0 Å². The van der Waals surface area contributed by atoms with Crippen molar-refractivity contribution in [3.8, 4) is 0 Å². The molecule has 1 rings (SSSR count). The highest BCUT2D eigenvalue weighted by molar-refractivity contribution is 9.10. The van der Waals surface area contributed by atoms with Crippen LogP contribution in [0.5, 0.6) is 0 Å². The molecular weight excluding hydrogens is 288 g/mol. The predicted octanol–water partition coefficient (Wildman–Crippen LogP) is 1.50. The number of ether oxygens (including phenoxy) is 2. The van der Waals surface area contributed by atoms with E-state index in [4.69, 9.17) is 9.47 Å². The Labute approximate surface area is 110 Å². The van der Waals surface area contributed by atoms with Crippen LogP contribution >= 0.6 is 15.9 Å². The lowest BCUT2D eigenvalue weighted by Crippen LogP contribution is -2.32. The lowest BCUT2D eigenvalue weighted by atomic mass is 10.2. The van der Waals surface area contributed by atoms with Gasteiger partial charge in [-0.2, -0.15) is 5.10 Å². The van der Waals surface area contributed by atoms with Crippen LogP contribution in [0.1, 0.15) is 18.3 Å². The second-order valence-electron chi connectivity index (χ2n) is 3.77. The van der Waals surface area contributed by atoms with E-state index in [2.05, 4.69) is 21.0 Å². The first-order chi connectivity index (χ1) is 8.04. The summed E-state index contributed by atoms with van der Waals surface area (Å²) in [6.07, 6.45) is -0.910. The molecule has 98 valence electrons. The Morgan fingerprint density at radius 2 is 2.00 bits per heavy atom. The third kappa shape index (κ3) is 3.28. The number of hydrogen-bond donors (Lipinski definition) is 1. The predicted molar refractivity (Wildman–Crippen MR) is 67.9 cm³/mol. The summed E-state index contributed by atoms with van der Waals surface area (Å²) >= 11 is 3.49. The molecule has 1 unspecified atom stereocenters. The Bertz CT molecular complexity index is 364. The van der Waals surface area contributed by atoms with E-state index >= 15 is 0 Å². The molecule has 0 aromatic carbocycles. The van der Waals surface area contributed by atoms with E-state index < -0.39 is 12.4 Å².